The number of aliphatic hydroxyl groups is 12. The van der Waals surface area contributed by atoms with Crippen molar-refractivity contribution in [1.82, 2.24) is 0 Å². The molecule has 10 unspecified atom stereocenters. The third-order valence-electron chi connectivity index (χ3n) is 8.41. The largest absolute Gasteiger partial charge is 0.504 e. The quantitative estimate of drug-likeness (QED) is 0.0603. The first-order valence-corrected chi connectivity index (χ1v) is 18.0. The average molecular weight is 819 g/mol. The van der Waals surface area contributed by atoms with Gasteiger partial charge in [-0.25, -0.2) is 0 Å². The lowest BCUT2D eigenvalue weighted by atomic mass is 9.95. The Morgan fingerprint density at radius 1 is 0.561 bits per heavy atom. The number of phenolic OH excluding ortho intramolecular Hbond substituents is 2. The molecule has 0 bridgehead atoms. The maximum atomic E-state index is 12.1. The molecule has 57 heavy (non-hydrogen) atoms. The Morgan fingerprint density at radius 2 is 0.947 bits per heavy atom. The van der Waals surface area contributed by atoms with Gasteiger partial charge >= 0.3 is 0 Å². The van der Waals surface area contributed by atoms with E-state index in [0.717, 1.165) is 5.56 Å². The highest BCUT2D eigenvalue weighted by Gasteiger charge is 2.38. The number of Topliss-reactive ketones (excluding diaryl/α,β-unsaturated/α-hetero) is 3. The maximum Gasteiger partial charge on any atom is 0.246 e. The summed E-state index contributed by atoms with van der Waals surface area (Å²) < 4.78 is 11.3. The number of aliphatic hydroxyl groups excluding tert-OH is 12. The fraction of sp³-hybridized carbons (Fsp3) is 0.605. The number of aromatic hydroxyl groups is 2. The van der Waals surface area contributed by atoms with Crippen molar-refractivity contribution in [3.63, 3.8) is 0 Å². The van der Waals surface area contributed by atoms with Crippen molar-refractivity contribution in [2.75, 3.05) is 13.2 Å². The van der Waals surface area contributed by atoms with E-state index < -0.39 is 91.6 Å². The van der Waals surface area contributed by atoms with E-state index in [-0.39, 0.29) is 36.5 Å². The molecule has 19 heteroatoms. The number of ether oxygens (including phenoxy) is 2. The highest BCUT2D eigenvalue weighted by atomic mass is 16.7. The summed E-state index contributed by atoms with van der Waals surface area (Å²) in [6, 6.07) is 9.63. The van der Waals surface area contributed by atoms with Crippen molar-refractivity contribution in [1.29, 1.82) is 0 Å². The van der Waals surface area contributed by atoms with Crippen molar-refractivity contribution in [2.45, 2.75) is 133 Å². The molecule has 324 valence electrons. The molecule has 0 aromatic heterocycles. The number of carbonyl (C=O) groups excluding carboxylic acids is 3. The van der Waals surface area contributed by atoms with Crippen LogP contribution in [0.5, 0.6) is 23.0 Å². The number of hydrogen-bond donors (Lipinski definition) is 14. The molecule has 19 nitrogen and oxygen atoms in total. The van der Waals surface area contributed by atoms with Crippen molar-refractivity contribution in [3.8, 4) is 23.0 Å². The molecule has 1 heterocycles. The number of phenols is 2. The number of benzene rings is 2. The van der Waals surface area contributed by atoms with E-state index in [4.69, 9.17) is 19.7 Å². The number of ketones is 3. The molecule has 14 N–H and O–H groups in total. The van der Waals surface area contributed by atoms with E-state index in [9.17, 15) is 75.7 Å². The molecule has 0 fully saturated rings. The van der Waals surface area contributed by atoms with Crippen molar-refractivity contribution < 1.29 is 95.3 Å². The number of fused-ring (bicyclic) bond motifs is 1. The standard InChI is InChI=1S/C19H28O9.C16H24O9.C3H6O/c1-19(2)27-13-7-6-10(8-14(13)28-19)4-3-5-11(21)15(23)17(25)18(26)16(24)12(22)9-20;17-7-12(21)14(23)16(25)15(24)13(22)10(19)3-1-2-8-4-5-9(18)11(20)6-8;1-3(2)4/h6-8,12,15-18,20,22-26H,3-5,9H2,1-2H3;4-6,12-18,20-25H,1-3,7H2;1-2H3. The molecule has 0 saturated carbocycles. The van der Waals surface area contributed by atoms with E-state index in [2.05, 4.69) is 0 Å². The summed E-state index contributed by atoms with van der Waals surface area (Å²) in [6.45, 7) is 4.93. The van der Waals surface area contributed by atoms with E-state index in [1.807, 2.05) is 12.1 Å². The van der Waals surface area contributed by atoms with Crippen LogP contribution in [0.4, 0.5) is 0 Å². The molecular formula is C38H58O19. The monoisotopic (exact) mass is 818 g/mol. The first-order valence-electron chi connectivity index (χ1n) is 18.0. The molecule has 0 aliphatic carbocycles. The third-order valence-corrected chi connectivity index (χ3v) is 8.41. The molecule has 0 spiro atoms. The summed E-state index contributed by atoms with van der Waals surface area (Å²) in [6.07, 6.45) is -17.9. The summed E-state index contributed by atoms with van der Waals surface area (Å²) in [4.78, 5) is 33.4. The maximum absolute atomic E-state index is 12.1. The Hall–Kier alpha value is -3.83. The van der Waals surface area contributed by atoms with Gasteiger partial charge in [-0.1, -0.05) is 12.1 Å². The predicted molar refractivity (Wildman–Crippen MR) is 198 cm³/mol. The molecule has 3 rings (SSSR count). The third kappa shape index (κ3) is 16.9. The molecule has 1 aliphatic rings. The molecule has 1 aliphatic heterocycles. The number of carbonyl (C=O) groups is 3. The molecule has 0 radical (unpaired) electrons. The fourth-order valence-corrected chi connectivity index (χ4v) is 5.21. The summed E-state index contributed by atoms with van der Waals surface area (Å²) in [5.74, 6) is -1.36. The fourth-order valence-electron chi connectivity index (χ4n) is 5.21. The van der Waals surface area contributed by atoms with Crippen LogP contribution in [0.2, 0.25) is 0 Å². The lowest BCUT2D eigenvalue weighted by Gasteiger charge is -2.27. The zero-order valence-corrected chi connectivity index (χ0v) is 32.2. The van der Waals surface area contributed by atoms with Gasteiger partial charge in [0.2, 0.25) is 5.79 Å². The summed E-state index contributed by atoms with van der Waals surface area (Å²) in [7, 11) is 0. The number of aryl methyl sites for hydroxylation is 2. The zero-order valence-electron chi connectivity index (χ0n) is 32.2. The molecule has 2 aromatic rings. The van der Waals surface area contributed by atoms with Crippen LogP contribution in [-0.2, 0) is 27.2 Å². The SMILES string of the molecule is CC(C)=O.CC1(C)Oc2ccc(CCCC(=O)C(O)C(O)C(O)C(O)C(O)CO)cc2O1.O=C(CCCc1ccc(O)c(O)c1)C(O)C(O)C(O)C(O)C(O)CO. The molecule has 0 amide bonds. The number of hydrogen-bond acceptors (Lipinski definition) is 19. The lowest BCUT2D eigenvalue weighted by Crippen LogP contribution is -2.51. The van der Waals surface area contributed by atoms with Gasteiger partial charge in [0.1, 0.15) is 66.8 Å². The van der Waals surface area contributed by atoms with Crippen LogP contribution in [-0.4, -0.2) is 169 Å². The average Bonchev–Trinajstić information content (AvgIpc) is 3.48. The Morgan fingerprint density at radius 3 is 1.35 bits per heavy atom. The molecule has 10 atom stereocenters. The van der Waals surface area contributed by atoms with Crippen molar-refractivity contribution >= 4 is 17.3 Å². The topological polar surface area (TPSA) is 353 Å². The van der Waals surface area contributed by atoms with Crippen LogP contribution in [0.15, 0.2) is 36.4 Å². The molecular weight excluding hydrogens is 760 g/mol. The van der Waals surface area contributed by atoms with Gasteiger partial charge in [0.25, 0.3) is 0 Å². The second-order valence-corrected chi connectivity index (χ2v) is 14.1. The van der Waals surface area contributed by atoms with Crippen LogP contribution in [0.25, 0.3) is 0 Å². The minimum Gasteiger partial charge on any atom is -0.504 e. The van der Waals surface area contributed by atoms with E-state index in [0.29, 0.717) is 36.3 Å². The number of rotatable bonds is 20. The van der Waals surface area contributed by atoms with E-state index in [1.54, 1.807) is 26.0 Å². The van der Waals surface area contributed by atoms with Crippen molar-refractivity contribution in [3.05, 3.63) is 47.5 Å². The summed E-state index contributed by atoms with van der Waals surface area (Å²) in [5, 5.41) is 132. The van der Waals surface area contributed by atoms with Crippen LogP contribution in [0.3, 0.4) is 0 Å². The summed E-state index contributed by atoms with van der Waals surface area (Å²) >= 11 is 0. The van der Waals surface area contributed by atoms with Crippen LogP contribution in [0, 0.1) is 0 Å². The Labute approximate surface area is 329 Å². The van der Waals surface area contributed by atoms with Gasteiger partial charge in [-0.3, -0.25) is 9.59 Å². The molecule has 0 saturated heterocycles. The van der Waals surface area contributed by atoms with Gasteiger partial charge in [0.05, 0.1) is 13.2 Å². The highest BCUT2D eigenvalue weighted by molar-refractivity contribution is 5.84. The van der Waals surface area contributed by atoms with E-state index >= 15 is 0 Å². The van der Waals surface area contributed by atoms with Gasteiger partial charge in [-0.15, -0.1) is 0 Å². The lowest BCUT2D eigenvalue weighted by molar-refractivity contribution is -0.155. The van der Waals surface area contributed by atoms with Gasteiger partial charge < -0.3 is 85.8 Å². The van der Waals surface area contributed by atoms with Gasteiger partial charge in [0.15, 0.2) is 34.6 Å². The second kappa shape index (κ2) is 24.2. The van der Waals surface area contributed by atoms with Crippen molar-refractivity contribution in [2.24, 2.45) is 0 Å². The predicted octanol–water partition coefficient (Wildman–Crippen LogP) is -2.74. The summed E-state index contributed by atoms with van der Waals surface area (Å²) in [5.41, 5.74) is 1.56. The van der Waals surface area contributed by atoms with Crippen LogP contribution < -0.4 is 9.47 Å². The Balaban J connectivity index is 0.000000524. The van der Waals surface area contributed by atoms with Gasteiger partial charge in [0, 0.05) is 26.7 Å². The van der Waals surface area contributed by atoms with Crippen LogP contribution >= 0.6 is 0 Å². The minimum absolute atomic E-state index is 0.0659. The Bertz CT molecular complexity index is 1550. The van der Waals surface area contributed by atoms with Gasteiger partial charge in [-0.2, -0.15) is 0 Å². The normalized spacial score (nSPS) is 18.1. The van der Waals surface area contributed by atoms with E-state index in [1.165, 1.54) is 26.0 Å². The minimum atomic E-state index is -2.03. The highest BCUT2D eigenvalue weighted by Crippen LogP contribution is 2.39. The second-order valence-electron chi connectivity index (χ2n) is 14.1. The molecule has 2 aromatic carbocycles. The zero-order chi connectivity index (χ0) is 43.8. The first-order chi connectivity index (χ1) is 26.5. The van der Waals surface area contributed by atoms with Gasteiger partial charge in [-0.05, 0) is 74.9 Å². The Kier molecular flexibility index (Phi) is 21.7. The first kappa shape index (κ1) is 51.2. The smallest absolute Gasteiger partial charge is 0.246 e. The van der Waals surface area contributed by atoms with Crippen LogP contribution in [0.1, 0.15) is 64.5 Å².